The molecule has 0 saturated heterocycles. The number of aromatic amines is 1. The van der Waals surface area contributed by atoms with Crippen molar-refractivity contribution in [3.8, 4) is 11.1 Å². The third-order valence-electron chi connectivity index (χ3n) is 4.71. The number of halogens is 5. The molecule has 4 aromatic rings. The van der Waals surface area contributed by atoms with Crippen molar-refractivity contribution in [2.24, 2.45) is 0 Å². The molecule has 2 aromatic heterocycles. The summed E-state index contributed by atoms with van der Waals surface area (Å²) >= 11 is 12.7. The highest BCUT2D eigenvalue weighted by atomic mass is 35.5. The predicted molar refractivity (Wildman–Crippen MR) is 119 cm³/mol. The normalized spacial score (nSPS) is 13.1. The minimum atomic E-state index is -4.51. The van der Waals surface area contributed by atoms with Gasteiger partial charge in [-0.05, 0) is 30.1 Å². The van der Waals surface area contributed by atoms with Gasteiger partial charge in [-0.2, -0.15) is 18.3 Å². The lowest BCUT2D eigenvalue weighted by molar-refractivity contribution is -0.153. The summed E-state index contributed by atoms with van der Waals surface area (Å²) in [6.45, 7) is -0.347. The largest absolute Gasteiger partial charge is 0.406 e. The van der Waals surface area contributed by atoms with E-state index in [4.69, 9.17) is 28.9 Å². The lowest BCUT2D eigenvalue weighted by atomic mass is 10.1. The Labute approximate surface area is 189 Å². The van der Waals surface area contributed by atoms with Crippen molar-refractivity contribution < 1.29 is 13.2 Å². The maximum absolute atomic E-state index is 13.9. The van der Waals surface area contributed by atoms with Crippen molar-refractivity contribution in [2.45, 2.75) is 23.7 Å². The fraction of sp³-hybridized carbons (Fsp3) is 0.150. The maximum atomic E-state index is 13.9. The minimum absolute atomic E-state index is 0.178. The molecule has 0 aliphatic carbocycles. The molecular weight excluding hydrogens is 470 g/mol. The molecule has 1 unspecified atom stereocenters. The van der Waals surface area contributed by atoms with Crippen LogP contribution in [0.4, 0.5) is 18.9 Å². The molecule has 1 atom stereocenters. The zero-order valence-electron chi connectivity index (χ0n) is 15.8. The van der Waals surface area contributed by atoms with Crippen LogP contribution < -0.4 is 10.5 Å². The molecule has 162 valence electrons. The van der Waals surface area contributed by atoms with Crippen LogP contribution in [-0.2, 0) is 6.54 Å². The third-order valence-corrected chi connectivity index (χ3v) is 6.40. The number of para-hydroxylation sites is 1. The summed E-state index contributed by atoms with van der Waals surface area (Å²) in [7, 11) is 0. The summed E-state index contributed by atoms with van der Waals surface area (Å²) in [6.07, 6.45) is 0.519. The van der Waals surface area contributed by atoms with Crippen LogP contribution in [0.5, 0.6) is 0 Å². The molecule has 11 heteroatoms. The van der Waals surface area contributed by atoms with Gasteiger partial charge in [0.05, 0.1) is 16.1 Å². The molecule has 31 heavy (non-hydrogen) atoms. The Kier molecular flexibility index (Phi) is 6.11. The highest BCUT2D eigenvalue weighted by molar-refractivity contribution is 7.97. The zero-order valence-corrected chi connectivity index (χ0v) is 18.1. The quantitative estimate of drug-likeness (QED) is 0.226. The molecule has 0 amide bonds. The van der Waals surface area contributed by atoms with Crippen molar-refractivity contribution >= 4 is 51.7 Å². The summed E-state index contributed by atoms with van der Waals surface area (Å²) in [5.41, 5.74) is 8.35. The van der Waals surface area contributed by atoms with E-state index in [0.29, 0.717) is 10.5 Å². The van der Waals surface area contributed by atoms with Crippen LogP contribution in [0.2, 0.25) is 10.0 Å². The molecule has 0 fully saturated rings. The number of hydrogen-bond acceptors (Lipinski definition) is 4. The van der Waals surface area contributed by atoms with Crippen LogP contribution in [0.15, 0.2) is 59.9 Å². The Morgan fingerprint density at radius 1 is 1.23 bits per heavy atom. The second-order valence-corrected chi connectivity index (χ2v) is 8.51. The first-order valence-electron chi connectivity index (χ1n) is 9.04. The first kappa shape index (κ1) is 21.9. The van der Waals surface area contributed by atoms with Crippen LogP contribution in [0.1, 0.15) is 0 Å². The number of H-pyrrole nitrogens is 1. The number of aromatic nitrogens is 3. The number of nitrogen functional groups attached to an aromatic ring is 1. The van der Waals surface area contributed by atoms with Gasteiger partial charge in [-0.15, -0.1) is 0 Å². The van der Waals surface area contributed by atoms with E-state index in [0.717, 1.165) is 28.5 Å². The molecule has 4 rings (SSSR count). The van der Waals surface area contributed by atoms with Gasteiger partial charge in [0.2, 0.25) is 0 Å². The predicted octanol–water partition coefficient (Wildman–Crippen LogP) is 6.15. The van der Waals surface area contributed by atoms with Gasteiger partial charge in [0.15, 0.2) is 0 Å². The van der Waals surface area contributed by atoms with Gasteiger partial charge in [0, 0.05) is 51.7 Å². The summed E-state index contributed by atoms with van der Waals surface area (Å²) in [5, 5.41) is 7.99. The highest BCUT2D eigenvalue weighted by Crippen LogP contribution is 2.36. The van der Waals surface area contributed by atoms with Crippen molar-refractivity contribution in [3.05, 3.63) is 65.0 Å². The van der Waals surface area contributed by atoms with Gasteiger partial charge in [-0.1, -0.05) is 41.4 Å². The third kappa shape index (κ3) is 4.64. The number of anilines is 1. The average molecular weight is 486 g/mol. The molecule has 0 aliphatic rings. The topological polar surface area (TPSA) is 71.7 Å². The van der Waals surface area contributed by atoms with Crippen LogP contribution in [0.3, 0.4) is 0 Å². The molecule has 2 heterocycles. The molecule has 0 bridgehead atoms. The van der Waals surface area contributed by atoms with Crippen LogP contribution in [0.25, 0.3) is 22.0 Å². The Balaban J connectivity index is 1.65. The highest BCUT2D eigenvalue weighted by Gasteiger charge is 2.40. The Bertz CT molecular complexity index is 1180. The number of nitrogens with one attached hydrogen (secondary N) is 2. The van der Waals surface area contributed by atoms with E-state index in [1.807, 2.05) is 12.1 Å². The van der Waals surface area contributed by atoms with Crippen molar-refractivity contribution in [1.29, 1.82) is 0 Å². The van der Waals surface area contributed by atoms with Gasteiger partial charge in [0.1, 0.15) is 6.04 Å². The SMILES string of the molecule is Nc1cc(Cl)cc(Cl)c1SNC(Cn1cc(-c2cn[nH]c2)c2ccccc21)C(F)(F)F. The Morgan fingerprint density at radius 3 is 2.68 bits per heavy atom. The van der Waals surface area contributed by atoms with E-state index in [1.54, 1.807) is 35.3 Å². The van der Waals surface area contributed by atoms with Crippen molar-refractivity contribution in [1.82, 2.24) is 19.5 Å². The Morgan fingerprint density at radius 2 is 2.00 bits per heavy atom. The number of fused-ring (bicyclic) bond motifs is 1. The lowest BCUT2D eigenvalue weighted by Gasteiger charge is -2.23. The van der Waals surface area contributed by atoms with Gasteiger partial charge in [0.25, 0.3) is 0 Å². The number of hydrogen-bond donors (Lipinski definition) is 3. The molecule has 0 radical (unpaired) electrons. The monoisotopic (exact) mass is 485 g/mol. The second kappa shape index (κ2) is 8.66. The molecule has 0 aliphatic heterocycles. The first-order valence-corrected chi connectivity index (χ1v) is 10.6. The molecule has 0 saturated carbocycles. The smallest absolute Gasteiger partial charge is 0.398 e. The molecule has 0 spiro atoms. The van der Waals surface area contributed by atoms with E-state index in [9.17, 15) is 13.2 Å². The summed E-state index contributed by atoms with van der Waals surface area (Å²) in [4.78, 5) is 0.289. The standard InChI is InChI=1S/C20H16Cl2F3N5S/c21-12-5-15(22)19(16(26)6-12)31-29-18(20(23,24)25)10-30-9-14(11-7-27-28-8-11)13-3-1-2-4-17(13)30/h1-9,18,29H,10,26H2,(H,27,28). The average Bonchev–Trinajstić information content (AvgIpc) is 3.33. The van der Waals surface area contributed by atoms with Crippen molar-refractivity contribution in [3.63, 3.8) is 0 Å². The second-order valence-electron chi connectivity index (χ2n) is 6.82. The van der Waals surface area contributed by atoms with E-state index in [1.165, 1.54) is 12.1 Å². The maximum Gasteiger partial charge on any atom is 0.406 e. The zero-order chi connectivity index (χ0) is 22.2. The molecule has 2 aromatic carbocycles. The summed E-state index contributed by atoms with van der Waals surface area (Å²) < 4.78 is 45.7. The number of rotatable bonds is 6. The van der Waals surface area contributed by atoms with Gasteiger partial charge < -0.3 is 10.3 Å². The van der Waals surface area contributed by atoms with Crippen LogP contribution >= 0.6 is 35.1 Å². The minimum Gasteiger partial charge on any atom is -0.398 e. The van der Waals surface area contributed by atoms with Crippen LogP contribution in [-0.4, -0.2) is 27.0 Å². The fourth-order valence-electron chi connectivity index (χ4n) is 3.25. The fourth-order valence-corrected chi connectivity index (χ4v) is 4.67. The van der Waals surface area contributed by atoms with Crippen LogP contribution in [0, 0.1) is 0 Å². The first-order chi connectivity index (χ1) is 14.7. The Hall–Kier alpha value is -2.33. The van der Waals surface area contributed by atoms with Crippen molar-refractivity contribution in [2.75, 3.05) is 5.73 Å². The van der Waals surface area contributed by atoms with Gasteiger partial charge in [-0.3, -0.25) is 5.10 Å². The van der Waals surface area contributed by atoms with Gasteiger partial charge >= 0.3 is 6.18 Å². The number of benzene rings is 2. The van der Waals surface area contributed by atoms with E-state index in [-0.39, 0.29) is 22.2 Å². The van der Waals surface area contributed by atoms with E-state index in [2.05, 4.69) is 14.9 Å². The number of alkyl halides is 3. The summed E-state index contributed by atoms with van der Waals surface area (Å²) in [5.74, 6) is 0. The van der Waals surface area contributed by atoms with E-state index < -0.39 is 12.2 Å². The number of nitrogens with two attached hydrogens (primary N) is 1. The summed E-state index contributed by atoms with van der Waals surface area (Å²) in [6, 6.07) is 8.30. The molecule has 4 N–H and O–H groups in total. The molecular formula is C20H16Cl2F3N5S. The molecule has 5 nitrogen and oxygen atoms in total. The van der Waals surface area contributed by atoms with E-state index >= 15 is 0 Å². The number of nitrogens with zero attached hydrogens (tertiary/aromatic N) is 2. The lowest BCUT2D eigenvalue weighted by Crippen LogP contribution is -2.42. The van der Waals surface area contributed by atoms with Gasteiger partial charge in [-0.25, -0.2) is 4.72 Å².